The zero-order chi connectivity index (χ0) is 22.0. The Morgan fingerprint density at radius 2 is 1.97 bits per heavy atom. The van der Waals surface area contributed by atoms with Gasteiger partial charge in [-0.3, -0.25) is 9.69 Å². The smallest absolute Gasteiger partial charge is 0.449 e. The maximum Gasteiger partial charge on any atom is 0.511 e. The Labute approximate surface area is 179 Å². The summed E-state index contributed by atoms with van der Waals surface area (Å²) in [5.41, 5.74) is 0.320. The number of aromatic nitrogens is 2. The maximum absolute atomic E-state index is 13.9. The van der Waals surface area contributed by atoms with Crippen LogP contribution in [0.2, 0.25) is 5.02 Å². The van der Waals surface area contributed by atoms with Crippen LogP contribution < -0.4 is 9.64 Å². The van der Waals surface area contributed by atoms with E-state index in [1.54, 1.807) is 0 Å². The molecule has 30 heavy (non-hydrogen) atoms. The van der Waals surface area contributed by atoms with Crippen molar-refractivity contribution in [1.29, 1.82) is 0 Å². The van der Waals surface area contributed by atoms with Crippen LogP contribution in [0.15, 0.2) is 24.4 Å². The highest BCUT2D eigenvalue weighted by molar-refractivity contribution is 6.30. The minimum absolute atomic E-state index is 0.0429. The van der Waals surface area contributed by atoms with Crippen LogP contribution in [0.4, 0.5) is 15.0 Å². The van der Waals surface area contributed by atoms with Gasteiger partial charge in [0.2, 0.25) is 11.7 Å². The normalized spacial score (nSPS) is 19.0. The molecule has 1 aliphatic carbocycles. The first-order chi connectivity index (χ1) is 14.2. The molecule has 9 heteroatoms. The molecule has 0 saturated heterocycles. The molecule has 0 bridgehead atoms. The van der Waals surface area contributed by atoms with E-state index < -0.39 is 12.0 Å². The Morgan fingerprint density at radius 3 is 2.53 bits per heavy atom. The molecule has 0 atom stereocenters. The molecule has 1 aromatic carbocycles. The third kappa shape index (κ3) is 4.75. The number of hydrogen-bond acceptors (Lipinski definition) is 4. The van der Waals surface area contributed by atoms with Crippen LogP contribution in [0.1, 0.15) is 46.5 Å². The zero-order valence-corrected chi connectivity index (χ0v) is 17.9. The van der Waals surface area contributed by atoms with Gasteiger partial charge in [0.1, 0.15) is 5.82 Å². The molecule has 0 spiro atoms. The average molecular weight is 438 g/mol. The van der Waals surface area contributed by atoms with E-state index in [1.807, 2.05) is 13.8 Å². The van der Waals surface area contributed by atoms with E-state index in [0.29, 0.717) is 11.6 Å². The SMILES string of the molecule is CC1CCC(C(=O)N(c2nn(-c3ccc(Cl)c(F)c3)cc2OC(=O)O)C(C)C)CC1. The van der Waals surface area contributed by atoms with E-state index in [9.17, 15) is 14.0 Å². The van der Waals surface area contributed by atoms with Gasteiger partial charge in [0.25, 0.3) is 0 Å². The van der Waals surface area contributed by atoms with Gasteiger partial charge in [-0.2, -0.15) is 0 Å². The summed E-state index contributed by atoms with van der Waals surface area (Å²) in [6, 6.07) is 3.81. The van der Waals surface area contributed by atoms with E-state index in [1.165, 1.54) is 34.0 Å². The van der Waals surface area contributed by atoms with Gasteiger partial charge in [0.15, 0.2) is 5.75 Å². The van der Waals surface area contributed by atoms with Gasteiger partial charge in [-0.1, -0.05) is 18.5 Å². The second-order valence-electron chi connectivity index (χ2n) is 7.99. The van der Waals surface area contributed by atoms with Crippen LogP contribution in [-0.2, 0) is 4.79 Å². The lowest BCUT2D eigenvalue weighted by atomic mass is 9.82. The number of hydrogen-bond donors (Lipinski definition) is 1. The van der Waals surface area contributed by atoms with Crippen LogP contribution in [0, 0.1) is 17.7 Å². The zero-order valence-electron chi connectivity index (χ0n) is 17.1. The molecular weight excluding hydrogens is 413 g/mol. The number of carboxylic acid groups (broad SMARTS) is 1. The van der Waals surface area contributed by atoms with Crippen molar-refractivity contribution < 1.29 is 23.8 Å². The molecule has 0 aliphatic heterocycles. The third-order valence-corrected chi connectivity index (χ3v) is 5.68. The van der Waals surface area contributed by atoms with Crippen molar-refractivity contribution >= 4 is 29.5 Å². The summed E-state index contributed by atoms with van der Waals surface area (Å²) in [5.74, 6) is -0.318. The van der Waals surface area contributed by atoms with Gasteiger partial charge in [-0.15, -0.1) is 5.10 Å². The molecule has 1 N–H and O–H groups in total. The van der Waals surface area contributed by atoms with E-state index >= 15 is 0 Å². The number of nitrogens with zero attached hydrogens (tertiary/aromatic N) is 3. The molecule has 0 unspecified atom stereocenters. The monoisotopic (exact) mass is 437 g/mol. The predicted molar refractivity (Wildman–Crippen MR) is 111 cm³/mol. The molecule has 0 radical (unpaired) electrons. The lowest BCUT2D eigenvalue weighted by Gasteiger charge is -2.32. The van der Waals surface area contributed by atoms with Crippen molar-refractivity contribution in [2.24, 2.45) is 11.8 Å². The molecule has 1 fully saturated rings. The van der Waals surface area contributed by atoms with Crippen LogP contribution in [0.3, 0.4) is 0 Å². The molecule has 7 nitrogen and oxygen atoms in total. The number of benzene rings is 1. The van der Waals surface area contributed by atoms with Crippen molar-refractivity contribution in [1.82, 2.24) is 9.78 Å². The van der Waals surface area contributed by atoms with Crippen molar-refractivity contribution in [3.63, 3.8) is 0 Å². The number of amides is 1. The minimum atomic E-state index is -1.53. The van der Waals surface area contributed by atoms with Gasteiger partial charge in [0.05, 0.1) is 16.9 Å². The first-order valence-corrected chi connectivity index (χ1v) is 10.3. The first-order valence-electron chi connectivity index (χ1n) is 9.96. The Bertz CT molecular complexity index is 938. The fraction of sp³-hybridized carbons (Fsp3) is 0.476. The van der Waals surface area contributed by atoms with Crippen molar-refractivity contribution in [2.45, 2.75) is 52.5 Å². The number of ether oxygens (including phenoxy) is 1. The van der Waals surface area contributed by atoms with Crippen molar-refractivity contribution in [2.75, 3.05) is 4.90 Å². The van der Waals surface area contributed by atoms with Crippen molar-refractivity contribution in [3.05, 3.63) is 35.2 Å². The van der Waals surface area contributed by atoms with E-state index in [-0.39, 0.29) is 34.5 Å². The number of rotatable bonds is 5. The fourth-order valence-corrected chi connectivity index (χ4v) is 3.87. The standard InChI is InChI=1S/C21H25ClFN3O4/c1-12(2)26(20(27)14-6-4-13(3)5-7-14)19-18(30-21(28)29)11-25(24-19)15-8-9-16(22)17(23)10-15/h8-14H,4-7H2,1-3H3,(H,28,29). The molecule has 1 aromatic heterocycles. The summed E-state index contributed by atoms with van der Waals surface area (Å²) in [6.07, 6.45) is 3.29. The van der Waals surface area contributed by atoms with E-state index in [0.717, 1.165) is 25.7 Å². The Morgan fingerprint density at radius 1 is 1.30 bits per heavy atom. The van der Waals surface area contributed by atoms with Crippen LogP contribution >= 0.6 is 11.6 Å². The highest BCUT2D eigenvalue weighted by Gasteiger charge is 2.34. The summed E-state index contributed by atoms with van der Waals surface area (Å²) < 4.78 is 20.1. The summed E-state index contributed by atoms with van der Waals surface area (Å²) >= 11 is 5.74. The highest BCUT2D eigenvalue weighted by Crippen LogP contribution is 2.35. The summed E-state index contributed by atoms with van der Waals surface area (Å²) in [6.45, 7) is 5.83. The fourth-order valence-electron chi connectivity index (χ4n) is 3.75. The summed E-state index contributed by atoms with van der Waals surface area (Å²) in [7, 11) is 0. The topological polar surface area (TPSA) is 84.7 Å². The molecule has 162 valence electrons. The van der Waals surface area contributed by atoms with Crippen LogP contribution in [0.25, 0.3) is 5.69 Å². The quantitative estimate of drug-likeness (QED) is 0.642. The molecular formula is C21H25ClFN3O4. The summed E-state index contributed by atoms with van der Waals surface area (Å²) in [5, 5.41) is 13.5. The molecule has 1 heterocycles. The Kier molecular flexibility index (Phi) is 6.65. The van der Waals surface area contributed by atoms with Crippen LogP contribution in [0.5, 0.6) is 5.75 Å². The van der Waals surface area contributed by atoms with Crippen molar-refractivity contribution in [3.8, 4) is 11.4 Å². The maximum atomic E-state index is 13.9. The largest absolute Gasteiger partial charge is 0.511 e. The summed E-state index contributed by atoms with van der Waals surface area (Å²) in [4.78, 5) is 26.0. The molecule has 1 aliphatic rings. The molecule has 3 rings (SSSR count). The molecule has 2 aromatic rings. The van der Waals surface area contributed by atoms with E-state index in [2.05, 4.69) is 12.0 Å². The van der Waals surface area contributed by atoms with Gasteiger partial charge in [-0.25, -0.2) is 13.9 Å². The Balaban J connectivity index is 2.01. The lowest BCUT2D eigenvalue weighted by Crippen LogP contribution is -2.42. The third-order valence-electron chi connectivity index (χ3n) is 5.37. The molecule has 1 amide bonds. The number of carbonyl (C=O) groups is 2. The number of carbonyl (C=O) groups excluding carboxylic acids is 1. The number of anilines is 1. The van der Waals surface area contributed by atoms with Gasteiger partial charge < -0.3 is 9.84 Å². The first kappa shape index (κ1) is 22.1. The second-order valence-corrected chi connectivity index (χ2v) is 8.39. The van der Waals surface area contributed by atoms with Gasteiger partial charge >= 0.3 is 6.16 Å². The minimum Gasteiger partial charge on any atom is -0.449 e. The Hall–Kier alpha value is -2.61. The molecule has 1 saturated carbocycles. The number of halogens is 2. The van der Waals surface area contributed by atoms with Crippen LogP contribution in [-0.4, -0.2) is 33.0 Å². The predicted octanol–water partition coefficient (Wildman–Crippen LogP) is 5.29. The van der Waals surface area contributed by atoms with E-state index in [4.69, 9.17) is 21.4 Å². The van der Waals surface area contributed by atoms with Gasteiger partial charge in [-0.05, 0) is 57.6 Å². The van der Waals surface area contributed by atoms with Gasteiger partial charge in [0, 0.05) is 18.0 Å². The highest BCUT2D eigenvalue weighted by atomic mass is 35.5. The second kappa shape index (κ2) is 9.04. The lowest BCUT2D eigenvalue weighted by molar-refractivity contribution is -0.124. The average Bonchev–Trinajstić information content (AvgIpc) is 3.07.